The van der Waals surface area contributed by atoms with E-state index < -0.39 is 0 Å². The predicted molar refractivity (Wildman–Crippen MR) is 135 cm³/mol. The highest BCUT2D eigenvalue weighted by atomic mass is 14.1. The molecule has 4 rings (SSSR count). The molecule has 0 aliphatic carbocycles. The molecule has 0 fully saturated rings. The molecule has 0 bridgehead atoms. The van der Waals surface area contributed by atoms with Gasteiger partial charge in [0.2, 0.25) is 0 Å². The lowest BCUT2D eigenvalue weighted by Crippen LogP contribution is -1.96. The van der Waals surface area contributed by atoms with Crippen LogP contribution in [0.1, 0.15) is 45.9 Å². The third-order valence-electron chi connectivity index (χ3n) is 5.66. The highest BCUT2D eigenvalue weighted by Crippen LogP contribution is 2.26. The second-order valence-electron chi connectivity index (χ2n) is 8.12. The third-order valence-corrected chi connectivity index (χ3v) is 5.66. The quantitative estimate of drug-likeness (QED) is 0.286. The molecule has 0 amide bonds. The lowest BCUT2D eigenvalue weighted by Gasteiger charge is -2.13. The van der Waals surface area contributed by atoms with Crippen molar-refractivity contribution < 1.29 is 0 Å². The Morgan fingerprint density at radius 1 is 0.710 bits per heavy atom. The van der Waals surface area contributed by atoms with Crippen molar-refractivity contribution in [2.45, 2.75) is 20.3 Å². The summed E-state index contributed by atoms with van der Waals surface area (Å²) >= 11 is 0. The zero-order valence-corrected chi connectivity index (χ0v) is 18.3. The molecule has 4 aromatic carbocycles. The molecule has 0 N–H and O–H groups in total. The van der Waals surface area contributed by atoms with Crippen LogP contribution >= 0.6 is 0 Å². The van der Waals surface area contributed by atoms with E-state index in [2.05, 4.69) is 124 Å². The molecule has 0 aliphatic rings. The van der Waals surface area contributed by atoms with Gasteiger partial charge in [0.05, 0.1) is 0 Å². The minimum absolute atomic E-state index is 0.894. The van der Waals surface area contributed by atoms with Gasteiger partial charge in [-0.3, -0.25) is 0 Å². The zero-order chi connectivity index (χ0) is 21.6. The number of allylic oxidation sites excluding steroid dienone is 1. The molecular weight excluding hydrogens is 372 g/mol. The van der Waals surface area contributed by atoms with Crippen molar-refractivity contribution in [2.24, 2.45) is 0 Å². The largest absolute Gasteiger partial charge is 0.0906 e. The van der Waals surface area contributed by atoms with E-state index in [0.29, 0.717) is 0 Å². The molecule has 0 heteroatoms. The molecule has 0 nitrogen and oxygen atoms in total. The fourth-order valence-corrected chi connectivity index (χ4v) is 4.02. The Bertz CT molecular complexity index is 1210. The summed E-state index contributed by atoms with van der Waals surface area (Å²) in [6, 6.07) is 36.5. The van der Waals surface area contributed by atoms with Crippen LogP contribution in [0.25, 0.3) is 17.2 Å². The van der Waals surface area contributed by atoms with Crippen LogP contribution in [0.3, 0.4) is 0 Å². The Kier molecular flexibility index (Phi) is 6.29. The first-order valence-corrected chi connectivity index (χ1v) is 10.8. The summed E-state index contributed by atoms with van der Waals surface area (Å²) in [7, 11) is 0. The maximum absolute atomic E-state index is 4.37. The minimum Gasteiger partial charge on any atom is -0.0906 e. The normalized spacial score (nSPS) is 11.4. The van der Waals surface area contributed by atoms with E-state index >= 15 is 0 Å². The fraction of sp³-hybridized carbons (Fsp3) is 0.0968. The van der Waals surface area contributed by atoms with Gasteiger partial charge in [-0.2, -0.15) is 0 Å². The van der Waals surface area contributed by atoms with Crippen molar-refractivity contribution in [1.29, 1.82) is 0 Å². The number of hydrogen-bond donors (Lipinski definition) is 0. The van der Waals surface area contributed by atoms with Crippen molar-refractivity contribution in [3.05, 3.63) is 149 Å². The summed E-state index contributed by atoms with van der Waals surface area (Å²) in [4.78, 5) is 0. The maximum Gasteiger partial charge on any atom is -0.00195 e. The summed E-state index contributed by atoms with van der Waals surface area (Å²) in [5.41, 5.74) is 11.1. The van der Waals surface area contributed by atoms with Crippen LogP contribution in [-0.2, 0) is 6.42 Å². The summed E-state index contributed by atoms with van der Waals surface area (Å²) in [5, 5.41) is 0. The summed E-state index contributed by atoms with van der Waals surface area (Å²) < 4.78 is 0. The fourth-order valence-electron chi connectivity index (χ4n) is 4.02. The Hall–Kier alpha value is -3.64. The molecule has 31 heavy (non-hydrogen) atoms. The van der Waals surface area contributed by atoms with Gasteiger partial charge < -0.3 is 0 Å². The van der Waals surface area contributed by atoms with Crippen LogP contribution in [0, 0.1) is 6.92 Å². The van der Waals surface area contributed by atoms with Crippen molar-refractivity contribution >= 4 is 17.2 Å². The topological polar surface area (TPSA) is 0 Å². The van der Waals surface area contributed by atoms with Crippen molar-refractivity contribution in [1.82, 2.24) is 0 Å². The van der Waals surface area contributed by atoms with Gasteiger partial charge in [0.25, 0.3) is 0 Å². The van der Waals surface area contributed by atoms with Gasteiger partial charge in [-0.15, -0.1) is 0 Å². The van der Waals surface area contributed by atoms with E-state index in [1.54, 1.807) is 0 Å². The number of aryl methyl sites for hydroxylation is 1. The van der Waals surface area contributed by atoms with Crippen LogP contribution in [0.4, 0.5) is 0 Å². The van der Waals surface area contributed by atoms with Crippen molar-refractivity contribution in [2.75, 3.05) is 0 Å². The molecule has 0 aromatic heterocycles. The molecule has 4 aromatic rings. The highest BCUT2D eigenvalue weighted by Gasteiger charge is 2.08. The second kappa shape index (κ2) is 9.45. The summed E-state index contributed by atoms with van der Waals surface area (Å²) in [6.07, 6.45) is 3.19. The smallest absolute Gasteiger partial charge is 0.00195 e. The van der Waals surface area contributed by atoms with Crippen LogP contribution in [0.15, 0.2) is 110 Å². The van der Waals surface area contributed by atoms with Crippen molar-refractivity contribution in [3.63, 3.8) is 0 Å². The SMILES string of the molecule is C=C(c1ccccc1)c1cc(C)cc(Cc2ccccc2/C=C(\C)c2ccccc2)c1. The standard InChI is InChI=1S/C31H28/c1-23-18-26(22-31(19-23)25(3)28-14-8-5-9-15-28)21-30-17-11-10-16-29(30)20-24(2)27-12-6-4-7-13-27/h4-20,22H,3,21H2,1-2H3/b24-20+. The first-order valence-electron chi connectivity index (χ1n) is 10.8. The zero-order valence-electron chi connectivity index (χ0n) is 18.3. The molecule has 0 heterocycles. The molecule has 0 spiro atoms. The van der Waals surface area contributed by atoms with Gasteiger partial charge in [-0.05, 0) is 64.8 Å². The molecule has 152 valence electrons. The summed E-state index contributed by atoms with van der Waals surface area (Å²) in [5.74, 6) is 0. The van der Waals surface area contributed by atoms with Gasteiger partial charge in [0.1, 0.15) is 0 Å². The second-order valence-corrected chi connectivity index (χ2v) is 8.12. The molecule has 0 saturated heterocycles. The average Bonchev–Trinajstić information content (AvgIpc) is 2.80. The van der Waals surface area contributed by atoms with Crippen molar-refractivity contribution in [3.8, 4) is 0 Å². The van der Waals surface area contributed by atoms with Crippen LogP contribution in [0.5, 0.6) is 0 Å². The number of hydrogen-bond acceptors (Lipinski definition) is 0. The van der Waals surface area contributed by atoms with E-state index in [4.69, 9.17) is 0 Å². The molecule has 0 unspecified atom stereocenters. The molecule has 0 aliphatic heterocycles. The highest BCUT2D eigenvalue weighted by molar-refractivity contribution is 5.81. The predicted octanol–water partition coefficient (Wildman–Crippen LogP) is 8.21. The number of benzene rings is 4. The van der Waals surface area contributed by atoms with E-state index in [1.807, 2.05) is 6.07 Å². The van der Waals surface area contributed by atoms with Crippen LogP contribution in [0.2, 0.25) is 0 Å². The maximum atomic E-state index is 4.37. The third kappa shape index (κ3) is 5.10. The van der Waals surface area contributed by atoms with E-state index in [1.165, 1.54) is 44.5 Å². The van der Waals surface area contributed by atoms with Gasteiger partial charge in [-0.25, -0.2) is 0 Å². The van der Waals surface area contributed by atoms with Gasteiger partial charge in [0, 0.05) is 0 Å². The van der Waals surface area contributed by atoms with Crippen LogP contribution < -0.4 is 0 Å². The molecule has 0 atom stereocenters. The average molecular weight is 401 g/mol. The van der Waals surface area contributed by atoms with Gasteiger partial charge >= 0.3 is 0 Å². The Morgan fingerprint density at radius 3 is 2.03 bits per heavy atom. The summed E-state index contributed by atoms with van der Waals surface area (Å²) in [6.45, 7) is 8.71. The van der Waals surface area contributed by atoms with E-state index in [9.17, 15) is 0 Å². The van der Waals surface area contributed by atoms with E-state index in [0.717, 1.165) is 12.0 Å². The monoisotopic (exact) mass is 400 g/mol. The first-order chi connectivity index (χ1) is 15.1. The number of rotatable bonds is 6. The van der Waals surface area contributed by atoms with Gasteiger partial charge in [-0.1, -0.05) is 121 Å². The first kappa shape index (κ1) is 20.6. The lowest BCUT2D eigenvalue weighted by atomic mass is 9.92. The molecule has 0 saturated carbocycles. The Balaban J connectivity index is 1.65. The lowest BCUT2D eigenvalue weighted by molar-refractivity contribution is 1.17. The Labute approximate surface area is 186 Å². The molecular formula is C31H28. The van der Waals surface area contributed by atoms with E-state index in [-0.39, 0.29) is 0 Å². The van der Waals surface area contributed by atoms with Gasteiger partial charge in [0.15, 0.2) is 0 Å². The molecule has 0 radical (unpaired) electrons. The minimum atomic E-state index is 0.894. The Morgan fingerprint density at radius 2 is 1.32 bits per heavy atom. The van der Waals surface area contributed by atoms with Crippen LogP contribution in [-0.4, -0.2) is 0 Å².